The number of hydrogen-bond acceptors (Lipinski definition) is 17. The third-order valence-electron chi connectivity index (χ3n) is 9.76. The molecule has 0 amide bonds. The predicted molar refractivity (Wildman–Crippen MR) is 236 cm³/mol. The molecule has 0 bridgehead atoms. The first-order chi connectivity index (χ1) is 30.5. The van der Waals surface area contributed by atoms with Crippen LogP contribution in [0.4, 0.5) is 22.7 Å². The molecule has 0 heterocycles. The number of benzene rings is 7. The van der Waals surface area contributed by atoms with Gasteiger partial charge in [0.2, 0.25) is 0 Å². The maximum Gasteiger partial charge on any atom is 1.00 e. The summed E-state index contributed by atoms with van der Waals surface area (Å²) in [7, 11) is -19.6. The van der Waals surface area contributed by atoms with Gasteiger partial charge in [0, 0.05) is 6.07 Å². The van der Waals surface area contributed by atoms with Crippen LogP contribution in [-0.2, 0) is 40.5 Å². The average Bonchev–Trinajstić information content (AvgIpc) is 3.23. The Kier molecular flexibility index (Phi) is 16.5. The molecule has 0 aliphatic rings. The summed E-state index contributed by atoms with van der Waals surface area (Å²) in [5, 5.41) is 26.9. The Balaban J connectivity index is 0.00000420. The van der Waals surface area contributed by atoms with E-state index in [9.17, 15) is 47.9 Å². The second-order valence-electron chi connectivity index (χ2n) is 14.6. The Morgan fingerprint density at radius 2 is 0.970 bits per heavy atom. The van der Waals surface area contributed by atoms with Crippen molar-refractivity contribution >= 4 is 74.0 Å². The van der Waals surface area contributed by atoms with Gasteiger partial charge in [0.1, 0.15) is 41.5 Å². The number of azo groups is 2. The zero-order valence-corrected chi connectivity index (χ0v) is 43.7. The normalized spacial score (nSPS) is 12.2. The molecule has 7 rings (SSSR count). The molecule has 0 aliphatic carbocycles. The van der Waals surface area contributed by atoms with E-state index in [0.29, 0.717) is 40.7 Å². The number of phenols is 1. The molecule has 7 aromatic carbocycles. The molecule has 0 unspecified atom stereocenters. The van der Waals surface area contributed by atoms with Gasteiger partial charge in [-0.3, -0.25) is 0 Å². The van der Waals surface area contributed by atoms with E-state index in [0.717, 1.165) is 22.3 Å². The van der Waals surface area contributed by atoms with Gasteiger partial charge in [-0.2, -0.15) is 32.2 Å². The van der Waals surface area contributed by atoms with E-state index in [1.54, 1.807) is 62.4 Å². The fourth-order valence-electron chi connectivity index (χ4n) is 6.35. The Hall–Kier alpha value is -4.88. The number of phenolic OH excluding ortho intramolecular Hbond substituents is 1. The van der Waals surface area contributed by atoms with E-state index in [1.165, 1.54) is 54.6 Å². The summed E-state index contributed by atoms with van der Waals surface area (Å²) >= 11 is 0. The SMILES string of the molecule is Cc1ccc(S(=O)(=O)Oc2ccc(N=Nc3ccc(-c4ccc(N=Nc5c(S(=O)(=O)[O-])cc6cc(S(=O)(=O)[O-])cc(OS(=O)(=O)c7ccc(C)cc7)c6c5O)c(C)c4)cc3C)cc2)cc1.[Na+].[Na+]. The first-order valence-electron chi connectivity index (χ1n) is 18.9. The van der Waals surface area contributed by atoms with Gasteiger partial charge in [-0.15, -0.1) is 5.11 Å². The van der Waals surface area contributed by atoms with Crippen LogP contribution in [0.15, 0.2) is 167 Å². The van der Waals surface area contributed by atoms with Crippen molar-refractivity contribution in [3.05, 3.63) is 150 Å². The largest absolute Gasteiger partial charge is 1.00 e. The van der Waals surface area contributed by atoms with Gasteiger partial charge in [0.05, 0.1) is 32.2 Å². The Labute approximate surface area is 431 Å². The summed E-state index contributed by atoms with van der Waals surface area (Å²) in [6.07, 6.45) is 0. The van der Waals surface area contributed by atoms with Crippen LogP contribution in [0.3, 0.4) is 0 Å². The molecule has 0 spiro atoms. The van der Waals surface area contributed by atoms with E-state index >= 15 is 0 Å². The van der Waals surface area contributed by atoms with Gasteiger partial charge in [-0.05, 0) is 140 Å². The molecule has 0 atom stereocenters. The van der Waals surface area contributed by atoms with Crippen LogP contribution >= 0.6 is 0 Å². The van der Waals surface area contributed by atoms with Gasteiger partial charge in [-0.1, -0.05) is 47.5 Å². The summed E-state index contributed by atoms with van der Waals surface area (Å²) in [4.78, 5) is -2.55. The van der Waals surface area contributed by atoms with Crippen LogP contribution in [0.5, 0.6) is 17.2 Å². The van der Waals surface area contributed by atoms with Gasteiger partial charge < -0.3 is 22.6 Å². The predicted octanol–water partition coefficient (Wildman–Crippen LogP) is 3.63. The fraction of sp³-hybridized carbons (Fsp3) is 0.0909. The first kappa shape index (κ1) is 53.1. The van der Waals surface area contributed by atoms with Crippen LogP contribution in [0.1, 0.15) is 22.3 Å². The molecular formula is C44H34N4Na2O13S4. The minimum atomic E-state index is -5.48. The van der Waals surface area contributed by atoms with Crippen molar-refractivity contribution in [3.8, 4) is 28.4 Å². The van der Waals surface area contributed by atoms with E-state index in [2.05, 4.69) is 20.5 Å². The van der Waals surface area contributed by atoms with E-state index in [4.69, 9.17) is 8.37 Å². The Morgan fingerprint density at radius 1 is 0.493 bits per heavy atom. The standard InChI is InChI=1S/C44H36N4O13S4.2Na/c1-26-5-15-35(16-6-26)64(56,57)60-34-13-11-33(12-14-34)45-46-38-19-9-30(21-28(38)3)31-10-20-39(29(4)22-31)47-48-43-41(63(53,54)55)24-32-23-37(62(50,51)52)25-40(42(32)44(43)49)61-65(58,59)36-17-7-27(2)8-18-36;;/h5-25,49H,1-4H3,(H,50,51,52)(H,53,54,55);;/q;2*+1/p-2. The number of aryl methyl sites for hydroxylation is 4. The van der Waals surface area contributed by atoms with Crippen molar-refractivity contribution in [1.29, 1.82) is 0 Å². The average molecular weight is 1000 g/mol. The first-order valence-corrected chi connectivity index (χ1v) is 24.5. The van der Waals surface area contributed by atoms with Gasteiger partial charge in [-0.25, -0.2) is 16.8 Å². The monoisotopic (exact) mass is 1000 g/mol. The smallest absolute Gasteiger partial charge is 0.744 e. The molecule has 1 N–H and O–H groups in total. The molecule has 0 fully saturated rings. The molecule has 0 aliphatic heterocycles. The van der Waals surface area contributed by atoms with Crippen LogP contribution in [0, 0.1) is 27.7 Å². The number of rotatable bonds is 13. The second kappa shape index (κ2) is 20.8. The molecule has 7 aromatic rings. The Bertz CT molecular complexity index is 3560. The van der Waals surface area contributed by atoms with Gasteiger partial charge >= 0.3 is 79.4 Å². The number of hydrogen-bond donors (Lipinski definition) is 1. The van der Waals surface area contributed by atoms with Crippen molar-refractivity contribution in [2.45, 2.75) is 47.3 Å². The number of fused-ring (bicyclic) bond motifs is 1. The van der Waals surface area contributed by atoms with Gasteiger partial charge in [0.25, 0.3) is 0 Å². The molecule has 334 valence electrons. The van der Waals surface area contributed by atoms with Crippen molar-refractivity contribution in [3.63, 3.8) is 0 Å². The topological polar surface area (TPSA) is 271 Å². The van der Waals surface area contributed by atoms with Crippen molar-refractivity contribution in [1.82, 2.24) is 0 Å². The zero-order valence-electron chi connectivity index (χ0n) is 36.4. The Morgan fingerprint density at radius 3 is 1.43 bits per heavy atom. The van der Waals surface area contributed by atoms with E-state index in [1.807, 2.05) is 19.9 Å². The molecule has 0 aromatic heterocycles. The maximum absolute atomic E-state index is 13.3. The summed E-state index contributed by atoms with van der Waals surface area (Å²) in [5.41, 5.74) is 4.60. The molecule has 0 saturated carbocycles. The zero-order chi connectivity index (χ0) is 47.1. The molecular weight excluding hydrogens is 967 g/mol. The minimum absolute atomic E-state index is 0. The molecule has 0 radical (unpaired) electrons. The van der Waals surface area contributed by atoms with Crippen molar-refractivity contribution < 1.29 is 115 Å². The third kappa shape index (κ3) is 12.4. The van der Waals surface area contributed by atoms with Crippen molar-refractivity contribution in [2.75, 3.05) is 0 Å². The molecule has 17 nitrogen and oxygen atoms in total. The maximum atomic E-state index is 13.3. The third-order valence-corrected chi connectivity index (χ3v) is 13.9. The summed E-state index contributed by atoms with van der Waals surface area (Å²) in [6.45, 7) is 7.03. The van der Waals surface area contributed by atoms with E-state index < -0.39 is 78.2 Å². The number of aromatic hydroxyl groups is 1. The van der Waals surface area contributed by atoms with Crippen LogP contribution in [-0.4, -0.2) is 47.9 Å². The van der Waals surface area contributed by atoms with Crippen LogP contribution in [0.25, 0.3) is 21.9 Å². The van der Waals surface area contributed by atoms with Crippen molar-refractivity contribution in [2.24, 2.45) is 20.5 Å². The molecule has 67 heavy (non-hydrogen) atoms. The van der Waals surface area contributed by atoms with Crippen LogP contribution < -0.4 is 67.5 Å². The molecule has 23 heteroatoms. The van der Waals surface area contributed by atoms with Gasteiger partial charge in [0.15, 0.2) is 11.5 Å². The summed E-state index contributed by atoms with van der Waals surface area (Å²) in [6, 6.07) is 29.8. The quantitative estimate of drug-likeness (QED) is 0.0749. The number of nitrogens with zero attached hydrogens (tertiary/aromatic N) is 4. The summed E-state index contributed by atoms with van der Waals surface area (Å²) in [5.74, 6) is -1.88. The minimum Gasteiger partial charge on any atom is -0.744 e. The van der Waals surface area contributed by atoms with E-state index in [-0.39, 0.29) is 80.3 Å². The van der Waals surface area contributed by atoms with Crippen LogP contribution in [0.2, 0.25) is 0 Å². The second-order valence-corrected chi connectivity index (χ2v) is 20.4. The fourth-order valence-corrected chi connectivity index (χ4v) is 9.38. The molecule has 0 saturated heterocycles. The summed E-state index contributed by atoms with van der Waals surface area (Å²) < 4.78 is 136.